The number of aliphatic carboxylic acids is 1. The zero-order valence-electron chi connectivity index (χ0n) is 16.1. The third-order valence-corrected chi connectivity index (χ3v) is 4.81. The van der Waals surface area contributed by atoms with Gasteiger partial charge in [0.05, 0.1) is 6.61 Å². The molecule has 2 heterocycles. The number of hydrogen-bond donors (Lipinski definition) is 6. The standard InChI is InChI=1S/C16H27NO12/c1-5(19)17-7-11(8(20)6(4-18)27-15(7)26-3)28-16-10(22)9(21)12(25-2)13(29-16)14(23)24/h6-13,15-16,18,20-22H,4H2,1-3H3,(H,17,19)(H,23,24)/t6?,7?,8-,9-,10?,11-,12+,13?,15-,16-/m1/s1. The van der Waals surface area contributed by atoms with Crippen LogP contribution >= 0.6 is 0 Å². The van der Waals surface area contributed by atoms with Gasteiger partial charge in [0.15, 0.2) is 18.7 Å². The number of ether oxygens (including phenoxy) is 5. The third-order valence-electron chi connectivity index (χ3n) is 4.81. The second-order valence-corrected chi connectivity index (χ2v) is 6.72. The second kappa shape index (κ2) is 10.1. The van der Waals surface area contributed by atoms with Crippen LogP contribution in [0.25, 0.3) is 0 Å². The molecule has 2 rings (SSSR count). The number of aliphatic hydroxyl groups is 4. The lowest BCUT2D eigenvalue weighted by Crippen LogP contribution is -2.68. The van der Waals surface area contributed by atoms with E-state index in [1.165, 1.54) is 14.0 Å². The number of hydrogen-bond acceptors (Lipinski definition) is 11. The van der Waals surface area contributed by atoms with Crippen LogP contribution in [0.15, 0.2) is 0 Å². The molecule has 13 heteroatoms. The van der Waals surface area contributed by atoms with E-state index in [4.69, 9.17) is 23.7 Å². The van der Waals surface area contributed by atoms with Crippen LogP contribution in [0.3, 0.4) is 0 Å². The molecule has 2 aliphatic heterocycles. The van der Waals surface area contributed by atoms with Crippen molar-refractivity contribution >= 4 is 11.9 Å². The molecule has 168 valence electrons. The first-order valence-corrected chi connectivity index (χ1v) is 8.83. The molecular formula is C16H27NO12. The topological polar surface area (TPSA) is 193 Å². The predicted molar refractivity (Wildman–Crippen MR) is 90.3 cm³/mol. The predicted octanol–water partition coefficient (Wildman–Crippen LogP) is -3.85. The van der Waals surface area contributed by atoms with Crippen LogP contribution in [0.1, 0.15) is 6.92 Å². The first-order valence-electron chi connectivity index (χ1n) is 8.83. The van der Waals surface area contributed by atoms with Gasteiger partial charge in [-0.3, -0.25) is 4.79 Å². The Morgan fingerprint density at radius 2 is 1.62 bits per heavy atom. The second-order valence-electron chi connectivity index (χ2n) is 6.72. The van der Waals surface area contributed by atoms with Crippen molar-refractivity contribution in [2.45, 2.75) is 68.3 Å². The minimum atomic E-state index is -1.74. The minimum Gasteiger partial charge on any atom is -0.479 e. The summed E-state index contributed by atoms with van der Waals surface area (Å²) in [5.74, 6) is -1.98. The molecule has 2 aliphatic rings. The summed E-state index contributed by atoms with van der Waals surface area (Å²) in [4.78, 5) is 23.0. The summed E-state index contributed by atoms with van der Waals surface area (Å²) < 4.78 is 26.3. The van der Waals surface area contributed by atoms with Gasteiger partial charge in [-0.2, -0.15) is 0 Å². The van der Waals surface area contributed by atoms with E-state index in [9.17, 15) is 35.1 Å². The zero-order chi connectivity index (χ0) is 21.9. The molecule has 0 bridgehead atoms. The fourth-order valence-electron chi connectivity index (χ4n) is 3.39. The van der Waals surface area contributed by atoms with Crippen LogP contribution in [-0.2, 0) is 33.3 Å². The Bertz CT molecular complexity index is 576. The number of aliphatic hydroxyl groups excluding tert-OH is 4. The molecule has 1 amide bonds. The van der Waals surface area contributed by atoms with E-state index >= 15 is 0 Å². The maximum absolute atomic E-state index is 11.6. The zero-order valence-corrected chi connectivity index (χ0v) is 16.1. The van der Waals surface area contributed by atoms with E-state index in [1.54, 1.807) is 0 Å². The van der Waals surface area contributed by atoms with Crippen molar-refractivity contribution in [3.05, 3.63) is 0 Å². The van der Waals surface area contributed by atoms with Crippen LogP contribution < -0.4 is 5.32 Å². The summed E-state index contributed by atoms with van der Waals surface area (Å²) in [6.45, 7) is 0.585. The van der Waals surface area contributed by atoms with Crippen molar-refractivity contribution in [1.82, 2.24) is 5.32 Å². The van der Waals surface area contributed by atoms with E-state index in [0.29, 0.717) is 0 Å². The van der Waals surface area contributed by atoms with Crippen LogP contribution in [0, 0.1) is 0 Å². The molecule has 4 unspecified atom stereocenters. The first-order chi connectivity index (χ1) is 13.7. The van der Waals surface area contributed by atoms with Gasteiger partial charge in [0, 0.05) is 21.1 Å². The summed E-state index contributed by atoms with van der Waals surface area (Å²) in [7, 11) is 2.41. The Hall–Kier alpha value is -1.42. The number of amides is 1. The monoisotopic (exact) mass is 425 g/mol. The van der Waals surface area contributed by atoms with Gasteiger partial charge in [-0.25, -0.2) is 4.79 Å². The third kappa shape index (κ3) is 5.02. The lowest BCUT2D eigenvalue weighted by Gasteiger charge is -2.47. The summed E-state index contributed by atoms with van der Waals surface area (Å²) >= 11 is 0. The van der Waals surface area contributed by atoms with Gasteiger partial charge in [0.25, 0.3) is 0 Å². The van der Waals surface area contributed by atoms with Crippen molar-refractivity contribution in [3.63, 3.8) is 0 Å². The summed E-state index contributed by atoms with van der Waals surface area (Å²) in [5, 5.41) is 52.3. The highest BCUT2D eigenvalue weighted by molar-refractivity contribution is 5.73. The number of carboxylic acid groups (broad SMARTS) is 1. The van der Waals surface area contributed by atoms with E-state index < -0.39 is 79.8 Å². The van der Waals surface area contributed by atoms with Gasteiger partial charge in [0.2, 0.25) is 5.91 Å². The molecule has 2 saturated heterocycles. The highest BCUT2D eigenvalue weighted by atomic mass is 16.7. The molecule has 10 atom stereocenters. The van der Waals surface area contributed by atoms with Gasteiger partial charge in [-0.1, -0.05) is 0 Å². The fraction of sp³-hybridized carbons (Fsp3) is 0.875. The van der Waals surface area contributed by atoms with Gasteiger partial charge in [-0.05, 0) is 0 Å². The average molecular weight is 425 g/mol. The largest absolute Gasteiger partial charge is 0.479 e. The number of carbonyl (C=O) groups is 2. The maximum atomic E-state index is 11.6. The number of carboxylic acids is 1. The Morgan fingerprint density at radius 3 is 2.10 bits per heavy atom. The number of methoxy groups -OCH3 is 2. The van der Waals surface area contributed by atoms with Crippen molar-refractivity contribution < 1.29 is 58.8 Å². The highest BCUT2D eigenvalue weighted by Gasteiger charge is 2.53. The van der Waals surface area contributed by atoms with Crippen molar-refractivity contribution in [3.8, 4) is 0 Å². The average Bonchev–Trinajstić information content (AvgIpc) is 2.67. The molecular weight excluding hydrogens is 398 g/mol. The Balaban J connectivity index is 2.30. The Labute approximate surface area is 166 Å². The number of rotatable bonds is 7. The Morgan fingerprint density at radius 1 is 0.966 bits per heavy atom. The molecule has 0 aliphatic carbocycles. The molecule has 6 N–H and O–H groups in total. The van der Waals surface area contributed by atoms with Gasteiger partial charge in [-0.15, -0.1) is 0 Å². The van der Waals surface area contributed by atoms with Crippen LogP contribution in [0.4, 0.5) is 0 Å². The molecule has 0 aromatic carbocycles. The van der Waals surface area contributed by atoms with Crippen molar-refractivity contribution in [2.24, 2.45) is 0 Å². The summed E-state index contributed by atoms with van der Waals surface area (Å²) in [5.41, 5.74) is 0. The van der Waals surface area contributed by atoms with Crippen molar-refractivity contribution in [1.29, 1.82) is 0 Å². The molecule has 0 aromatic rings. The number of carbonyl (C=O) groups excluding carboxylic acids is 1. The van der Waals surface area contributed by atoms with E-state index in [1.807, 2.05) is 0 Å². The normalized spacial score (nSPS) is 43.0. The molecule has 29 heavy (non-hydrogen) atoms. The quantitative estimate of drug-likeness (QED) is 0.233. The molecule has 0 saturated carbocycles. The van der Waals surface area contributed by atoms with Crippen LogP contribution in [0.5, 0.6) is 0 Å². The summed E-state index contributed by atoms with van der Waals surface area (Å²) in [6, 6.07) is -1.10. The summed E-state index contributed by atoms with van der Waals surface area (Å²) in [6.07, 6.45) is -13.3. The number of nitrogens with one attached hydrogen (secondary N) is 1. The maximum Gasteiger partial charge on any atom is 0.335 e. The minimum absolute atomic E-state index is 0.517. The lowest BCUT2D eigenvalue weighted by atomic mass is 9.95. The van der Waals surface area contributed by atoms with Gasteiger partial charge < -0.3 is 54.5 Å². The molecule has 0 aromatic heterocycles. The van der Waals surface area contributed by atoms with Crippen molar-refractivity contribution in [2.75, 3.05) is 20.8 Å². The van der Waals surface area contributed by atoms with Crippen LogP contribution in [-0.4, -0.2) is 120 Å². The SMILES string of the molecule is CO[C@@H]1OC(CO)[C@@H](O)[C@H](O[C@@H]2OC(C(=O)O)[C@@H](OC)[C@H](O)C2O)C1NC(C)=O. The first kappa shape index (κ1) is 23.9. The van der Waals surface area contributed by atoms with Crippen LogP contribution in [0.2, 0.25) is 0 Å². The highest BCUT2D eigenvalue weighted by Crippen LogP contribution is 2.30. The molecule has 0 radical (unpaired) electrons. The van der Waals surface area contributed by atoms with E-state index in [2.05, 4.69) is 5.32 Å². The Kier molecular flexibility index (Phi) is 8.28. The van der Waals surface area contributed by atoms with Gasteiger partial charge >= 0.3 is 5.97 Å². The molecule has 13 nitrogen and oxygen atoms in total. The molecule has 2 fully saturated rings. The van der Waals surface area contributed by atoms with E-state index in [0.717, 1.165) is 7.11 Å². The molecule has 0 spiro atoms. The lowest BCUT2D eigenvalue weighted by molar-refractivity contribution is -0.339. The van der Waals surface area contributed by atoms with E-state index in [-0.39, 0.29) is 0 Å². The fourth-order valence-corrected chi connectivity index (χ4v) is 3.39. The van der Waals surface area contributed by atoms with Gasteiger partial charge in [0.1, 0.15) is 42.7 Å². The smallest absolute Gasteiger partial charge is 0.335 e.